The SMILES string of the molecule is Cc1ccc(Cc2cnc(NC(=O)CCC3CCCO3)s2)cc1Cl. The van der Waals surface area contributed by atoms with E-state index in [0.29, 0.717) is 11.6 Å². The Morgan fingerprint density at radius 1 is 1.50 bits per heavy atom. The lowest BCUT2D eigenvalue weighted by Gasteiger charge is -2.08. The van der Waals surface area contributed by atoms with Crippen LogP contribution in [0.4, 0.5) is 5.13 Å². The molecule has 4 nitrogen and oxygen atoms in total. The summed E-state index contributed by atoms with van der Waals surface area (Å²) in [5, 5.41) is 4.31. The van der Waals surface area contributed by atoms with E-state index >= 15 is 0 Å². The van der Waals surface area contributed by atoms with E-state index in [-0.39, 0.29) is 12.0 Å². The lowest BCUT2D eigenvalue weighted by Crippen LogP contribution is -2.15. The Morgan fingerprint density at radius 2 is 2.38 bits per heavy atom. The summed E-state index contributed by atoms with van der Waals surface area (Å²) in [6.45, 7) is 2.81. The molecule has 1 unspecified atom stereocenters. The first-order valence-electron chi connectivity index (χ1n) is 8.21. The van der Waals surface area contributed by atoms with Crippen molar-refractivity contribution in [1.29, 1.82) is 0 Å². The van der Waals surface area contributed by atoms with Crippen molar-refractivity contribution in [3.8, 4) is 0 Å². The first-order chi connectivity index (χ1) is 11.6. The molecule has 0 spiro atoms. The highest BCUT2D eigenvalue weighted by atomic mass is 35.5. The normalized spacial score (nSPS) is 17.2. The molecule has 0 saturated carbocycles. The molecule has 0 aliphatic carbocycles. The van der Waals surface area contributed by atoms with E-state index in [2.05, 4.69) is 16.4 Å². The zero-order valence-electron chi connectivity index (χ0n) is 13.7. The molecular formula is C18H21ClN2O2S. The summed E-state index contributed by atoms with van der Waals surface area (Å²) in [4.78, 5) is 17.4. The molecule has 128 valence electrons. The van der Waals surface area contributed by atoms with Crippen LogP contribution in [0.1, 0.15) is 41.7 Å². The van der Waals surface area contributed by atoms with Crippen LogP contribution in [0.15, 0.2) is 24.4 Å². The quantitative estimate of drug-likeness (QED) is 0.815. The number of hydrogen-bond donors (Lipinski definition) is 1. The van der Waals surface area contributed by atoms with Crippen LogP contribution in [0.2, 0.25) is 5.02 Å². The number of carbonyl (C=O) groups is 1. The van der Waals surface area contributed by atoms with Crippen LogP contribution in [0.3, 0.4) is 0 Å². The standard InChI is InChI=1S/C18H21ClN2O2S/c1-12-4-5-13(10-16(12)19)9-15-11-20-18(24-15)21-17(22)7-6-14-3-2-8-23-14/h4-5,10-11,14H,2-3,6-9H2,1H3,(H,20,21,22). The minimum absolute atomic E-state index is 0.00443. The maximum Gasteiger partial charge on any atom is 0.226 e. The summed E-state index contributed by atoms with van der Waals surface area (Å²) in [6.07, 6.45) is 6.25. The molecule has 2 aromatic rings. The van der Waals surface area contributed by atoms with Crippen LogP contribution in [0.5, 0.6) is 0 Å². The highest BCUT2D eigenvalue weighted by Gasteiger charge is 2.17. The topological polar surface area (TPSA) is 51.2 Å². The summed E-state index contributed by atoms with van der Waals surface area (Å²) >= 11 is 7.67. The van der Waals surface area contributed by atoms with Crippen molar-refractivity contribution in [1.82, 2.24) is 4.98 Å². The maximum absolute atomic E-state index is 12.0. The number of hydrogen-bond acceptors (Lipinski definition) is 4. The molecule has 1 aliphatic rings. The zero-order chi connectivity index (χ0) is 16.9. The molecule has 3 rings (SSSR count). The van der Waals surface area contributed by atoms with E-state index in [1.165, 1.54) is 11.3 Å². The Morgan fingerprint density at radius 3 is 3.12 bits per heavy atom. The predicted molar refractivity (Wildman–Crippen MR) is 97.9 cm³/mol. The van der Waals surface area contributed by atoms with Crippen LogP contribution in [-0.4, -0.2) is 23.6 Å². The Balaban J connectivity index is 1.51. The summed E-state index contributed by atoms with van der Waals surface area (Å²) in [5.74, 6) is 0.00443. The molecule has 0 bridgehead atoms. The number of anilines is 1. The smallest absolute Gasteiger partial charge is 0.226 e. The maximum atomic E-state index is 12.0. The van der Waals surface area contributed by atoms with Gasteiger partial charge >= 0.3 is 0 Å². The largest absolute Gasteiger partial charge is 0.378 e. The second kappa shape index (κ2) is 8.10. The molecule has 1 saturated heterocycles. The Kier molecular flexibility index (Phi) is 5.87. The molecule has 24 heavy (non-hydrogen) atoms. The van der Waals surface area contributed by atoms with E-state index in [4.69, 9.17) is 16.3 Å². The van der Waals surface area contributed by atoms with Gasteiger partial charge in [0.05, 0.1) is 6.10 Å². The van der Waals surface area contributed by atoms with Gasteiger partial charge in [-0.1, -0.05) is 23.7 Å². The zero-order valence-corrected chi connectivity index (χ0v) is 15.3. The number of benzene rings is 1. The molecule has 1 aliphatic heterocycles. The predicted octanol–water partition coefficient (Wildman–Crippen LogP) is 4.59. The van der Waals surface area contributed by atoms with Gasteiger partial charge in [-0.2, -0.15) is 0 Å². The number of thiazole rings is 1. The molecule has 2 heterocycles. The number of aryl methyl sites for hydroxylation is 1. The molecule has 6 heteroatoms. The number of nitrogens with zero attached hydrogens (tertiary/aromatic N) is 1. The number of ether oxygens (including phenoxy) is 1. The number of rotatable bonds is 6. The molecule has 1 aromatic carbocycles. The third-order valence-corrected chi connectivity index (χ3v) is 5.45. The van der Waals surface area contributed by atoms with Gasteiger partial charge in [0.2, 0.25) is 5.91 Å². The fourth-order valence-corrected chi connectivity index (χ4v) is 3.81. The van der Waals surface area contributed by atoms with Gasteiger partial charge in [0.15, 0.2) is 5.13 Å². The van der Waals surface area contributed by atoms with Crippen LogP contribution in [0.25, 0.3) is 0 Å². The number of aromatic nitrogens is 1. The molecule has 0 radical (unpaired) electrons. The monoisotopic (exact) mass is 364 g/mol. The Hall–Kier alpha value is -1.43. The fourth-order valence-electron chi connectivity index (χ4n) is 2.74. The summed E-state index contributed by atoms with van der Waals surface area (Å²) < 4.78 is 5.54. The average Bonchev–Trinajstić information content (AvgIpc) is 3.21. The minimum atomic E-state index is 0.00443. The molecule has 1 amide bonds. The van der Waals surface area contributed by atoms with Crippen molar-refractivity contribution in [3.63, 3.8) is 0 Å². The van der Waals surface area contributed by atoms with Crippen LogP contribution >= 0.6 is 22.9 Å². The molecular weight excluding hydrogens is 344 g/mol. The van der Waals surface area contributed by atoms with E-state index < -0.39 is 0 Å². The number of halogens is 1. The Labute approximate surface area is 151 Å². The highest BCUT2D eigenvalue weighted by molar-refractivity contribution is 7.15. The lowest BCUT2D eigenvalue weighted by molar-refractivity contribution is -0.116. The second-order valence-electron chi connectivity index (χ2n) is 6.11. The third-order valence-electron chi connectivity index (χ3n) is 4.13. The van der Waals surface area contributed by atoms with Gasteiger partial charge in [-0.05, 0) is 43.4 Å². The summed E-state index contributed by atoms with van der Waals surface area (Å²) in [7, 11) is 0. The summed E-state index contributed by atoms with van der Waals surface area (Å²) in [5.41, 5.74) is 2.22. The van der Waals surface area contributed by atoms with Crippen LogP contribution < -0.4 is 5.32 Å². The van der Waals surface area contributed by atoms with E-state index in [1.54, 1.807) is 0 Å². The van der Waals surface area contributed by atoms with Gasteiger partial charge in [-0.15, -0.1) is 11.3 Å². The third kappa shape index (κ3) is 4.79. The Bertz CT molecular complexity index is 711. The van der Waals surface area contributed by atoms with E-state index in [0.717, 1.165) is 53.3 Å². The van der Waals surface area contributed by atoms with Crippen molar-refractivity contribution >= 4 is 34.0 Å². The van der Waals surface area contributed by atoms with E-state index in [9.17, 15) is 4.79 Å². The van der Waals surface area contributed by atoms with Crippen molar-refractivity contribution in [3.05, 3.63) is 45.4 Å². The average molecular weight is 365 g/mol. The molecule has 1 fully saturated rings. The van der Waals surface area contributed by atoms with Gasteiger partial charge in [0.25, 0.3) is 0 Å². The first kappa shape index (κ1) is 17.4. The van der Waals surface area contributed by atoms with E-state index in [1.807, 2.05) is 25.3 Å². The molecule has 1 atom stereocenters. The minimum Gasteiger partial charge on any atom is -0.378 e. The van der Waals surface area contributed by atoms with Gasteiger partial charge in [0.1, 0.15) is 0 Å². The lowest BCUT2D eigenvalue weighted by atomic mass is 10.1. The van der Waals surface area contributed by atoms with Gasteiger partial charge in [-0.25, -0.2) is 4.98 Å². The van der Waals surface area contributed by atoms with Gasteiger partial charge in [0, 0.05) is 35.5 Å². The van der Waals surface area contributed by atoms with Crippen molar-refractivity contribution in [2.75, 3.05) is 11.9 Å². The number of amides is 1. The van der Waals surface area contributed by atoms with Crippen molar-refractivity contribution in [2.45, 2.75) is 45.1 Å². The summed E-state index contributed by atoms with van der Waals surface area (Å²) in [6, 6.07) is 6.07. The van der Waals surface area contributed by atoms with Crippen LogP contribution in [-0.2, 0) is 16.0 Å². The van der Waals surface area contributed by atoms with Crippen molar-refractivity contribution in [2.24, 2.45) is 0 Å². The second-order valence-corrected chi connectivity index (χ2v) is 7.64. The number of nitrogens with one attached hydrogen (secondary N) is 1. The molecule has 1 N–H and O–H groups in total. The highest BCUT2D eigenvalue weighted by Crippen LogP contribution is 2.24. The van der Waals surface area contributed by atoms with Crippen LogP contribution in [0, 0.1) is 6.92 Å². The number of carbonyl (C=O) groups excluding carboxylic acids is 1. The van der Waals surface area contributed by atoms with Crippen molar-refractivity contribution < 1.29 is 9.53 Å². The molecule has 1 aromatic heterocycles. The van der Waals surface area contributed by atoms with Gasteiger partial charge < -0.3 is 10.1 Å². The first-order valence-corrected chi connectivity index (χ1v) is 9.41. The fraction of sp³-hybridized carbons (Fsp3) is 0.444. The van der Waals surface area contributed by atoms with Gasteiger partial charge in [-0.3, -0.25) is 4.79 Å².